The first-order chi connectivity index (χ1) is 8.60. The van der Waals surface area contributed by atoms with Crippen molar-refractivity contribution in [2.45, 2.75) is 33.1 Å². The van der Waals surface area contributed by atoms with Crippen molar-refractivity contribution >= 4 is 0 Å². The summed E-state index contributed by atoms with van der Waals surface area (Å²) >= 11 is 0. The van der Waals surface area contributed by atoms with Crippen molar-refractivity contribution in [3.8, 4) is 0 Å². The van der Waals surface area contributed by atoms with E-state index in [2.05, 4.69) is 0 Å². The first-order valence-electron chi connectivity index (χ1n) is 6.09. The fourth-order valence-electron chi connectivity index (χ4n) is 1.64. The van der Waals surface area contributed by atoms with Crippen LogP contribution in [0.5, 0.6) is 0 Å². The maximum Gasteiger partial charge on any atom is 0.330 e. The lowest BCUT2D eigenvalue weighted by atomic mass is 10.4. The van der Waals surface area contributed by atoms with Crippen LogP contribution in [0.2, 0.25) is 0 Å². The molecule has 0 aromatic carbocycles. The Morgan fingerprint density at radius 3 is 2.39 bits per heavy atom. The molecule has 18 heavy (non-hydrogen) atoms. The van der Waals surface area contributed by atoms with Gasteiger partial charge in [0.2, 0.25) is 0 Å². The zero-order valence-corrected chi connectivity index (χ0v) is 11.1. The van der Waals surface area contributed by atoms with E-state index < -0.39 is 0 Å². The van der Waals surface area contributed by atoms with E-state index in [-0.39, 0.29) is 24.1 Å². The van der Waals surface area contributed by atoms with E-state index in [1.807, 2.05) is 13.8 Å². The van der Waals surface area contributed by atoms with E-state index in [1.54, 1.807) is 7.05 Å². The van der Waals surface area contributed by atoms with Crippen molar-refractivity contribution in [1.82, 2.24) is 9.13 Å². The molecule has 0 N–H and O–H groups in total. The fraction of sp³-hybridized carbons (Fsp3) is 0.667. The number of hydrogen-bond acceptors (Lipinski definition) is 4. The third kappa shape index (κ3) is 3.82. The maximum absolute atomic E-state index is 11.8. The van der Waals surface area contributed by atoms with Crippen molar-refractivity contribution in [3.63, 3.8) is 0 Å². The molecule has 0 spiro atoms. The molecule has 0 bridgehead atoms. The minimum atomic E-state index is -0.378. The Morgan fingerprint density at radius 1 is 1.22 bits per heavy atom. The fourth-order valence-corrected chi connectivity index (χ4v) is 1.64. The van der Waals surface area contributed by atoms with Gasteiger partial charge in [0.1, 0.15) is 0 Å². The van der Waals surface area contributed by atoms with E-state index in [0.29, 0.717) is 19.6 Å². The molecule has 0 amide bonds. The molecule has 0 aliphatic carbocycles. The summed E-state index contributed by atoms with van der Waals surface area (Å²) in [6.07, 6.45) is 1.56. The molecule has 0 unspecified atom stereocenters. The Morgan fingerprint density at radius 2 is 1.83 bits per heavy atom. The molecule has 102 valence electrons. The molecule has 1 heterocycles. The predicted octanol–water partition coefficient (Wildman–Crippen LogP) is 0.336. The number of aromatic nitrogens is 2. The highest BCUT2D eigenvalue weighted by molar-refractivity contribution is 4.85. The third-order valence-corrected chi connectivity index (χ3v) is 2.53. The molecule has 6 nitrogen and oxygen atoms in total. The molecule has 1 aromatic heterocycles. The minimum Gasteiger partial charge on any atom is -0.353 e. The predicted molar refractivity (Wildman–Crippen MR) is 67.6 cm³/mol. The summed E-state index contributed by atoms with van der Waals surface area (Å²) in [7, 11) is 1.61. The van der Waals surface area contributed by atoms with Crippen LogP contribution >= 0.6 is 0 Å². The minimum absolute atomic E-state index is 0.289. The second-order valence-electron chi connectivity index (χ2n) is 3.83. The van der Waals surface area contributed by atoms with Crippen LogP contribution in [0.1, 0.15) is 20.3 Å². The summed E-state index contributed by atoms with van der Waals surface area (Å²) in [6.45, 7) is 5.11. The number of rotatable bonds is 7. The average Bonchev–Trinajstić information content (AvgIpc) is 2.34. The second kappa shape index (κ2) is 7.13. The van der Waals surface area contributed by atoms with Gasteiger partial charge in [-0.3, -0.25) is 9.36 Å². The summed E-state index contributed by atoms with van der Waals surface area (Å²) in [5, 5.41) is 0. The molecule has 0 radical (unpaired) electrons. The highest BCUT2D eigenvalue weighted by Gasteiger charge is 2.10. The molecule has 0 atom stereocenters. The van der Waals surface area contributed by atoms with Gasteiger partial charge in [0.25, 0.3) is 5.56 Å². The van der Waals surface area contributed by atoms with Crippen LogP contribution in [0, 0.1) is 0 Å². The molecule has 0 aliphatic heterocycles. The lowest BCUT2D eigenvalue weighted by molar-refractivity contribution is -0.141. The number of aryl methyl sites for hydroxylation is 1. The summed E-state index contributed by atoms with van der Waals surface area (Å²) in [5.41, 5.74) is -0.626. The van der Waals surface area contributed by atoms with Crippen LogP contribution in [-0.4, -0.2) is 28.6 Å². The Hall–Kier alpha value is -1.40. The zero-order chi connectivity index (χ0) is 13.5. The molecule has 1 rings (SSSR count). The van der Waals surface area contributed by atoms with E-state index >= 15 is 0 Å². The van der Waals surface area contributed by atoms with E-state index in [0.717, 1.165) is 0 Å². The molecule has 0 saturated heterocycles. The van der Waals surface area contributed by atoms with Gasteiger partial charge in [-0.25, -0.2) is 4.79 Å². The highest BCUT2D eigenvalue weighted by Crippen LogP contribution is 2.01. The highest BCUT2D eigenvalue weighted by atomic mass is 16.7. The summed E-state index contributed by atoms with van der Waals surface area (Å²) in [5.74, 6) is 0. The van der Waals surface area contributed by atoms with Crippen molar-refractivity contribution in [1.29, 1.82) is 0 Å². The summed E-state index contributed by atoms with van der Waals surface area (Å²) in [6, 6.07) is 1.37. The first kappa shape index (κ1) is 14.7. The quantitative estimate of drug-likeness (QED) is 0.660. The Labute approximate surface area is 106 Å². The topological polar surface area (TPSA) is 62.5 Å². The lowest BCUT2D eigenvalue weighted by Crippen LogP contribution is -2.39. The monoisotopic (exact) mass is 256 g/mol. The molecular weight excluding hydrogens is 236 g/mol. The first-order valence-corrected chi connectivity index (χ1v) is 6.09. The molecular formula is C12H20N2O4. The largest absolute Gasteiger partial charge is 0.353 e. The molecule has 0 saturated carbocycles. The summed E-state index contributed by atoms with van der Waals surface area (Å²) < 4.78 is 13.3. The number of nitrogens with zero attached hydrogens (tertiary/aromatic N) is 2. The Kier molecular flexibility index (Phi) is 5.80. The van der Waals surface area contributed by atoms with Crippen LogP contribution < -0.4 is 11.2 Å². The molecule has 6 heteroatoms. The molecule has 0 fully saturated rings. The van der Waals surface area contributed by atoms with Gasteiger partial charge < -0.3 is 14.0 Å². The van der Waals surface area contributed by atoms with Gasteiger partial charge in [0, 0.05) is 45.5 Å². The van der Waals surface area contributed by atoms with E-state index in [1.165, 1.54) is 21.4 Å². The molecule has 0 aliphatic rings. The Bertz CT molecular complexity index is 472. The van der Waals surface area contributed by atoms with Crippen LogP contribution in [0.3, 0.4) is 0 Å². The SMILES string of the molecule is CCOC(CCn1c(=O)ccn(C)c1=O)OCC. The van der Waals surface area contributed by atoms with Gasteiger partial charge >= 0.3 is 5.69 Å². The van der Waals surface area contributed by atoms with Gasteiger partial charge in [-0.15, -0.1) is 0 Å². The van der Waals surface area contributed by atoms with E-state index in [9.17, 15) is 9.59 Å². The van der Waals surface area contributed by atoms with E-state index in [4.69, 9.17) is 9.47 Å². The van der Waals surface area contributed by atoms with Gasteiger partial charge in [0.05, 0.1) is 0 Å². The number of ether oxygens (including phenoxy) is 2. The Balaban J connectivity index is 2.76. The van der Waals surface area contributed by atoms with Crippen LogP contribution in [0.25, 0.3) is 0 Å². The van der Waals surface area contributed by atoms with Crippen LogP contribution in [0.15, 0.2) is 21.9 Å². The number of hydrogen-bond donors (Lipinski definition) is 0. The maximum atomic E-state index is 11.8. The molecule has 1 aromatic rings. The smallest absolute Gasteiger partial charge is 0.330 e. The van der Waals surface area contributed by atoms with Gasteiger partial charge in [0.15, 0.2) is 6.29 Å². The second-order valence-corrected chi connectivity index (χ2v) is 3.83. The van der Waals surface area contributed by atoms with Crippen molar-refractivity contribution < 1.29 is 9.47 Å². The van der Waals surface area contributed by atoms with Crippen molar-refractivity contribution in [3.05, 3.63) is 33.1 Å². The van der Waals surface area contributed by atoms with Gasteiger partial charge in [-0.2, -0.15) is 0 Å². The lowest BCUT2D eigenvalue weighted by Gasteiger charge is -2.17. The zero-order valence-electron chi connectivity index (χ0n) is 11.1. The van der Waals surface area contributed by atoms with Crippen molar-refractivity contribution in [2.24, 2.45) is 7.05 Å². The van der Waals surface area contributed by atoms with Crippen LogP contribution in [-0.2, 0) is 23.1 Å². The average molecular weight is 256 g/mol. The standard InChI is InChI=1S/C12H20N2O4/c1-4-17-11(18-5-2)7-9-14-10(15)6-8-13(3)12(14)16/h6,8,11H,4-5,7,9H2,1-3H3. The van der Waals surface area contributed by atoms with Crippen molar-refractivity contribution in [2.75, 3.05) is 13.2 Å². The van der Waals surface area contributed by atoms with Gasteiger partial charge in [-0.1, -0.05) is 0 Å². The van der Waals surface area contributed by atoms with Gasteiger partial charge in [-0.05, 0) is 13.8 Å². The summed E-state index contributed by atoms with van der Waals surface area (Å²) in [4.78, 5) is 23.4. The normalized spacial score (nSPS) is 11.1. The third-order valence-electron chi connectivity index (χ3n) is 2.53. The van der Waals surface area contributed by atoms with Crippen LogP contribution in [0.4, 0.5) is 0 Å².